The average Bonchev–Trinajstić information content (AvgIpc) is 2.47. The molecule has 0 fully saturated rings. The highest BCUT2D eigenvalue weighted by Gasteiger charge is 2.09. The molecule has 0 aliphatic rings. The molecule has 0 spiro atoms. The third kappa shape index (κ3) is 1.88. The van der Waals surface area contributed by atoms with Gasteiger partial charge in [-0.25, -0.2) is 0 Å². The van der Waals surface area contributed by atoms with Crippen molar-refractivity contribution in [3.63, 3.8) is 0 Å². The second-order valence-electron chi connectivity index (χ2n) is 2.70. The summed E-state index contributed by atoms with van der Waals surface area (Å²) in [6.45, 7) is 2.44. The highest BCUT2D eigenvalue weighted by atomic mass is 16.1. The molecule has 1 rings (SSSR count). The molecule has 68 valence electrons. The van der Waals surface area contributed by atoms with Crippen LogP contribution in [0.1, 0.15) is 23.0 Å². The Bertz CT molecular complexity index is 359. The zero-order chi connectivity index (χ0) is 9.84. The van der Waals surface area contributed by atoms with E-state index in [4.69, 9.17) is 5.26 Å². The first-order valence-corrected chi connectivity index (χ1v) is 4.03. The summed E-state index contributed by atoms with van der Waals surface area (Å²) >= 11 is 0. The number of nitriles is 1. The van der Waals surface area contributed by atoms with Crippen molar-refractivity contribution in [2.45, 2.75) is 6.92 Å². The number of hydrogen-bond donors (Lipinski definition) is 1. The molecule has 0 saturated carbocycles. The lowest BCUT2D eigenvalue weighted by atomic mass is 10.3. The van der Waals surface area contributed by atoms with Crippen molar-refractivity contribution in [2.75, 3.05) is 6.54 Å². The van der Waals surface area contributed by atoms with Gasteiger partial charge in [-0.05, 0) is 13.0 Å². The van der Waals surface area contributed by atoms with Gasteiger partial charge >= 0.3 is 0 Å². The number of hydrogen-bond acceptors (Lipinski definition) is 2. The molecule has 0 aliphatic heterocycles. The number of carbonyl (C=O) groups is 1. The lowest BCUT2D eigenvalue weighted by molar-refractivity contribution is 0.0948. The number of aryl methyl sites for hydroxylation is 1. The zero-order valence-corrected chi connectivity index (χ0v) is 7.66. The molecule has 4 nitrogen and oxygen atoms in total. The second kappa shape index (κ2) is 3.76. The molecule has 1 amide bonds. The van der Waals surface area contributed by atoms with Crippen LogP contribution in [0.5, 0.6) is 0 Å². The first-order chi connectivity index (χ1) is 6.19. The molecule has 0 aromatic carbocycles. The molecule has 0 atom stereocenters. The molecule has 1 aromatic heterocycles. The highest BCUT2D eigenvalue weighted by molar-refractivity contribution is 5.93. The van der Waals surface area contributed by atoms with Gasteiger partial charge in [0.1, 0.15) is 11.8 Å². The fraction of sp³-hybridized carbons (Fsp3) is 0.333. The summed E-state index contributed by atoms with van der Waals surface area (Å²) in [5, 5.41) is 11.3. The maximum atomic E-state index is 11.4. The van der Waals surface area contributed by atoms with E-state index in [1.807, 2.05) is 13.0 Å². The van der Waals surface area contributed by atoms with Gasteiger partial charge in [-0.15, -0.1) is 0 Å². The molecular formula is C9H11N3O. The summed E-state index contributed by atoms with van der Waals surface area (Å²) in [6, 6.07) is 3.56. The van der Waals surface area contributed by atoms with E-state index in [1.54, 1.807) is 23.9 Å². The van der Waals surface area contributed by atoms with E-state index in [-0.39, 0.29) is 5.91 Å². The summed E-state index contributed by atoms with van der Waals surface area (Å²) in [5.41, 5.74) is 1.02. The van der Waals surface area contributed by atoms with E-state index < -0.39 is 0 Å². The molecule has 1 N–H and O–H groups in total. The van der Waals surface area contributed by atoms with Crippen molar-refractivity contribution >= 4 is 5.91 Å². The molecule has 1 heterocycles. The van der Waals surface area contributed by atoms with Gasteiger partial charge in [-0.3, -0.25) is 4.79 Å². The Labute approximate surface area is 76.8 Å². The first-order valence-electron chi connectivity index (χ1n) is 4.03. The van der Waals surface area contributed by atoms with Crippen LogP contribution >= 0.6 is 0 Å². The van der Waals surface area contributed by atoms with Crippen LogP contribution in [-0.4, -0.2) is 17.0 Å². The highest BCUT2D eigenvalue weighted by Crippen LogP contribution is 2.05. The van der Waals surface area contributed by atoms with Crippen LogP contribution in [0.4, 0.5) is 0 Å². The van der Waals surface area contributed by atoms with Crippen LogP contribution in [0.3, 0.4) is 0 Å². The van der Waals surface area contributed by atoms with Gasteiger partial charge in [0.15, 0.2) is 0 Å². The monoisotopic (exact) mass is 177 g/mol. The molecule has 0 aliphatic carbocycles. The van der Waals surface area contributed by atoms with E-state index in [2.05, 4.69) is 5.32 Å². The van der Waals surface area contributed by atoms with Gasteiger partial charge in [-0.1, -0.05) is 0 Å². The summed E-state index contributed by atoms with van der Waals surface area (Å²) in [5.74, 6) is -0.147. The fourth-order valence-electron chi connectivity index (χ4n) is 1.10. The standard InChI is InChI=1S/C9H11N3O/c1-3-11-9(13)8-4-7(5-10)6-12(8)2/h4,6H,3H2,1-2H3,(H,11,13). The van der Waals surface area contributed by atoms with Crippen LogP contribution in [0.2, 0.25) is 0 Å². The van der Waals surface area contributed by atoms with E-state index in [0.29, 0.717) is 17.8 Å². The summed E-state index contributed by atoms with van der Waals surface area (Å²) in [4.78, 5) is 11.4. The number of nitrogens with zero attached hydrogens (tertiary/aromatic N) is 2. The third-order valence-corrected chi connectivity index (χ3v) is 1.70. The molecule has 0 radical (unpaired) electrons. The number of carbonyl (C=O) groups excluding carboxylic acids is 1. The van der Waals surface area contributed by atoms with E-state index in [9.17, 15) is 4.79 Å². The minimum atomic E-state index is -0.147. The van der Waals surface area contributed by atoms with E-state index in [0.717, 1.165) is 0 Å². The van der Waals surface area contributed by atoms with Crippen LogP contribution in [0.25, 0.3) is 0 Å². The molecule has 4 heteroatoms. The smallest absolute Gasteiger partial charge is 0.267 e. The van der Waals surface area contributed by atoms with E-state index in [1.165, 1.54) is 0 Å². The largest absolute Gasteiger partial charge is 0.351 e. The van der Waals surface area contributed by atoms with Gasteiger partial charge in [0, 0.05) is 19.8 Å². The van der Waals surface area contributed by atoms with Crippen LogP contribution in [-0.2, 0) is 7.05 Å². The van der Waals surface area contributed by atoms with Crippen molar-refractivity contribution in [3.05, 3.63) is 23.5 Å². The van der Waals surface area contributed by atoms with Crippen molar-refractivity contribution < 1.29 is 4.79 Å². The van der Waals surface area contributed by atoms with Gasteiger partial charge < -0.3 is 9.88 Å². The molecule has 1 aromatic rings. The second-order valence-corrected chi connectivity index (χ2v) is 2.70. The first kappa shape index (κ1) is 9.33. The topological polar surface area (TPSA) is 57.8 Å². The van der Waals surface area contributed by atoms with Crippen molar-refractivity contribution in [1.29, 1.82) is 5.26 Å². The Kier molecular flexibility index (Phi) is 2.70. The summed E-state index contributed by atoms with van der Waals surface area (Å²) in [6.07, 6.45) is 1.63. The maximum absolute atomic E-state index is 11.4. The molecular weight excluding hydrogens is 166 g/mol. The normalized spacial score (nSPS) is 9.31. The zero-order valence-electron chi connectivity index (χ0n) is 7.66. The number of nitrogens with one attached hydrogen (secondary N) is 1. The fourth-order valence-corrected chi connectivity index (χ4v) is 1.10. The quantitative estimate of drug-likeness (QED) is 0.720. The predicted octanol–water partition coefficient (Wildman–Crippen LogP) is 0.646. The third-order valence-electron chi connectivity index (χ3n) is 1.70. The summed E-state index contributed by atoms with van der Waals surface area (Å²) in [7, 11) is 1.74. The molecule has 13 heavy (non-hydrogen) atoms. The Hall–Kier alpha value is -1.76. The Morgan fingerprint density at radius 2 is 2.46 bits per heavy atom. The Balaban J connectivity index is 2.95. The van der Waals surface area contributed by atoms with Gasteiger partial charge in [0.25, 0.3) is 5.91 Å². The van der Waals surface area contributed by atoms with Crippen molar-refractivity contribution in [3.8, 4) is 6.07 Å². The lowest BCUT2D eigenvalue weighted by Crippen LogP contribution is -2.24. The van der Waals surface area contributed by atoms with Crippen LogP contribution < -0.4 is 5.32 Å². The van der Waals surface area contributed by atoms with Crippen LogP contribution in [0.15, 0.2) is 12.3 Å². The van der Waals surface area contributed by atoms with Gasteiger partial charge in [0.2, 0.25) is 0 Å². The van der Waals surface area contributed by atoms with Gasteiger partial charge in [0.05, 0.1) is 5.56 Å². The molecule has 0 saturated heterocycles. The van der Waals surface area contributed by atoms with E-state index >= 15 is 0 Å². The number of aromatic nitrogens is 1. The average molecular weight is 177 g/mol. The lowest BCUT2D eigenvalue weighted by Gasteiger charge is -2.01. The summed E-state index contributed by atoms with van der Waals surface area (Å²) < 4.78 is 1.64. The SMILES string of the molecule is CCNC(=O)c1cc(C#N)cn1C. The van der Waals surface area contributed by atoms with Crippen molar-refractivity contribution in [2.24, 2.45) is 7.05 Å². The Morgan fingerprint density at radius 1 is 1.77 bits per heavy atom. The number of rotatable bonds is 2. The predicted molar refractivity (Wildman–Crippen MR) is 48.1 cm³/mol. The molecule has 0 bridgehead atoms. The minimum Gasteiger partial charge on any atom is -0.351 e. The Morgan fingerprint density at radius 3 is 2.92 bits per heavy atom. The maximum Gasteiger partial charge on any atom is 0.267 e. The van der Waals surface area contributed by atoms with Gasteiger partial charge in [-0.2, -0.15) is 5.26 Å². The van der Waals surface area contributed by atoms with Crippen molar-refractivity contribution in [1.82, 2.24) is 9.88 Å². The number of amides is 1. The minimum absolute atomic E-state index is 0.147. The molecule has 0 unspecified atom stereocenters. The van der Waals surface area contributed by atoms with Crippen LogP contribution in [0, 0.1) is 11.3 Å².